The Bertz CT molecular complexity index is 1380. The average Bonchev–Trinajstić information content (AvgIpc) is 3.42. The van der Waals surface area contributed by atoms with E-state index in [1.165, 1.54) is 12.1 Å². The van der Waals surface area contributed by atoms with Crippen molar-refractivity contribution in [1.29, 1.82) is 0 Å². The van der Waals surface area contributed by atoms with E-state index in [2.05, 4.69) is 15.5 Å². The molecule has 0 aliphatic heterocycles. The minimum Gasteiger partial charge on any atom is -0.465 e. The summed E-state index contributed by atoms with van der Waals surface area (Å²) in [5.74, 6) is -1.77. The van der Waals surface area contributed by atoms with Gasteiger partial charge in [-0.2, -0.15) is 13.2 Å². The third-order valence-electron chi connectivity index (χ3n) is 7.19. The first kappa shape index (κ1) is 33.3. The monoisotopic (exact) mass is 602 g/mol. The minimum absolute atomic E-state index is 0.0323. The number of nitrogens with one attached hydrogen (secondary N) is 1. The summed E-state index contributed by atoms with van der Waals surface area (Å²) in [5.41, 5.74) is -0.531. The molecule has 43 heavy (non-hydrogen) atoms. The van der Waals surface area contributed by atoms with Crippen molar-refractivity contribution in [3.8, 4) is 11.5 Å². The Labute approximate surface area is 248 Å². The van der Waals surface area contributed by atoms with Crippen LogP contribution in [0.15, 0.2) is 59.0 Å². The zero-order valence-corrected chi connectivity index (χ0v) is 24.8. The second kappa shape index (κ2) is 13.8. The zero-order valence-electron chi connectivity index (χ0n) is 24.8. The fourth-order valence-corrected chi connectivity index (χ4v) is 4.76. The number of amides is 2. The number of alkyl halides is 3. The minimum atomic E-state index is -4.50. The maximum Gasteiger partial charge on any atom is 0.416 e. The van der Waals surface area contributed by atoms with E-state index in [0.29, 0.717) is 12.8 Å². The molecule has 0 saturated heterocycles. The highest BCUT2D eigenvalue weighted by molar-refractivity contribution is 6.38. The van der Waals surface area contributed by atoms with Gasteiger partial charge in [-0.05, 0) is 48.6 Å². The van der Waals surface area contributed by atoms with Crippen molar-refractivity contribution in [3.05, 3.63) is 71.6 Å². The standard InChI is InChI=1S/C31H37F3N4O5/c1-6-7-13-23(26(39)27(40)35-19(2)20-11-9-8-10-12-20)38(29(41)42)24(30(3,4)5)18-25-36-37-28(43-25)21-14-16-22(17-15-21)31(32,33)34/h8-12,14-17,19,23-24H,6-7,13,18H2,1-5H3,(H,35,40)(H,41,42)/t19-,23+,24?/m1/s1. The van der Waals surface area contributed by atoms with Crippen molar-refractivity contribution in [2.45, 2.75) is 84.6 Å². The van der Waals surface area contributed by atoms with Crippen molar-refractivity contribution in [3.63, 3.8) is 0 Å². The molecule has 12 heteroatoms. The maximum absolute atomic E-state index is 13.6. The van der Waals surface area contributed by atoms with Gasteiger partial charge in [0.1, 0.15) is 6.04 Å². The van der Waals surface area contributed by atoms with E-state index < -0.39 is 53.1 Å². The van der Waals surface area contributed by atoms with Crippen LogP contribution in [0.5, 0.6) is 0 Å². The third-order valence-corrected chi connectivity index (χ3v) is 7.19. The van der Waals surface area contributed by atoms with Gasteiger partial charge in [-0.15, -0.1) is 10.2 Å². The fraction of sp³-hybridized carbons (Fsp3) is 0.452. The molecule has 1 aromatic heterocycles. The number of nitrogens with zero attached hydrogens (tertiary/aromatic N) is 3. The van der Waals surface area contributed by atoms with E-state index >= 15 is 0 Å². The molecule has 2 aromatic carbocycles. The first-order valence-corrected chi connectivity index (χ1v) is 14.0. The van der Waals surface area contributed by atoms with Gasteiger partial charge in [0.05, 0.1) is 11.6 Å². The number of aromatic nitrogens is 2. The van der Waals surface area contributed by atoms with Crippen molar-refractivity contribution < 1.29 is 37.1 Å². The lowest BCUT2D eigenvalue weighted by molar-refractivity contribution is -0.142. The highest BCUT2D eigenvalue weighted by Gasteiger charge is 2.43. The average molecular weight is 603 g/mol. The van der Waals surface area contributed by atoms with Crippen LogP contribution < -0.4 is 5.32 Å². The van der Waals surface area contributed by atoms with Gasteiger partial charge < -0.3 is 14.8 Å². The second-order valence-corrected chi connectivity index (χ2v) is 11.5. The smallest absolute Gasteiger partial charge is 0.416 e. The first-order valence-electron chi connectivity index (χ1n) is 14.0. The number of hydrogen-bond acceptors (Lipinski definition) is 6. The van der Waals surface area contributed by atoms with E-state index in [1.54, 1.807) is 27.7 Å². The summed E-state index contributed by atoms with van der Waals surface area (Å²) in [6, 6.07) is 10.7. The summed E-state index contributed by atoms with van der Waals surface area (Å²) in [4.78, 5) is 40.5. The van der Waals surface area contributed by atoms with Crippen LogP contribution in [0.3, 0.4) is 0 Å². The van der Waals surface area contributed by atoms with Gasteiger partial charge in [0.15, 0.2) is 0 Å². The first-order chi connectivity index (χ1) is 20.1. The number of hydrogen-bond donors (Lipinski definition) is 2. The zero-order chi connectivity index (χ0) is 31.9. The molecular formula is C31H37F3N4O5. The van der Waals surface area contributed by atoms with E-state index in [0.717, 1.165) is 22.6 Å². The molecule has 0 aliphatic rings. The normalized spacial score (nSPS) is 14.0. The molecule has 3 aromatic rings. The summed E-state index contributed by atoms with van der Waals surface area (Å²) in [6.07, 6.45) is -4.69. The van der Waals surface area contributed by atoms with Crippen LogP contribution in [-0.4, -0.2) is 50.1 Å². The molecule has 9 nitrogen and oxygen atoms in total. The molecule has 0 saturated carbocycles. The Morgan fingerprint density at radius 3 is 2.16 bits per heavy atom. The molecule has 2 N–H and O–H groups in total. The van der Waals surface area contributed by atoms with Gasteiger partial charge in [-0.1, -0.05) is 70.9 Å². The highest BCUT2D eigenvalue weighted by Crippen LogP contribution is 2.33. The van der Waals surface area contributed by atoms with E-state index in [1.807, 2.05) is 37.3 Å². The topological polar surface area (TPSA) is 126 Å². The van der Waals surface area contributed by atoms with Crippen LogP contribution in [-0.2, 0) is 22.2 Å². The van der Waals surface area contributed by atoms with Gasteiger partial charge in [0, 0.05) is 18.0 Å². The number of benzene rings is 2. The van der Waals surface area contributed by atoms with E-state index in [4.69, 9.17) is 4.42 Å². The van der Waals surface area contributed by atoms with Crippen LogP contribution in [0.1, 0.15) is 76.9 Å². The summed E-state index contributed by atoms with van der Waals surface area (Å²) in [7, 11) is 0. The van der Waals surface area contributed by atoms with Crippen LogP contribution in [0.25, 0.3) is 11.5 Å². The summed E-state index contributed by atoms with van der Waals surface area (Å²) >= 11 is 0. The number of Topliss-reactive ketones (excluding diaryl/α,β-unsaturated/α-hetero) is 1. The SMILES string of the molecule is CCCC[C@@H](C(=O)C(=O)N[C@H](C)c1ccccc1)N(C(=O)O)C(Cc1nnc(-c2ccc(C(F)(F)F)cc2)o1)C(C)(C)C. The van der Waals surface area contributed by atoms with Crippen molar-refractivity contribution >= 4 is 17.8 Å². The van der Waals surface area contributed by atoms with Crippen LogP contribution in [0.4, 0.5) is 18.0 Å². The Kier molecular flexibility index (Phi) is 10.7. The van der Waals surface area contributed by atoms with Crippen LogP contribution in [0.2, 0.25) is 0 Å². The van der Waals surface area contributed by atoms with E-state index in [-0.39, 0.29) is 30.2 Å². The lowest BCUT2D eigenvalue weighted by Gasteiger charge is -2.41. The predicted octanol–water partition coefficient (Wildman–Crippen LogP) is 6.70. The van der Waals surface area contributed by atoms with Crippen molar-refractivity contribution in [1.82, 2.24) is 20.4 Å². The molecule has 0 fully saturated rings. The number of rotatable bonds is 12. The highest BCUT2D eigenvalue weighted by atomic mass is 19.4. The molecular weight excluding hydrogens is 565 g/mol. The Balaban J connectivity index is 1.90. The lowest BCUT2D eigenvalue weighted by atomic mass is 9.82. The third kappa shape index (κ3) is 8.65. The fourth-order valence-electron chi connectivity index (χ4n) is 4.76. The molecule has 0 spiro atoms. The number of unbranched alkanes of at least 4 members (excludes halogenated alkanes) is 1. The van der Waals surface area contributed by atoms with Crippen molar-refractivity contribution in [2.24, 2.45) is 5.41 Å². The molecule has 2 amide bonds. The van der Waals surface area contributed by atoms with Crippen LogP contribution in [0, 0.1) is 5.41 Å². The molecule has 3 atom stereocenters. The number of carbonyl (C=O) groups is 3. The van der Waals surface area contributed by atoms with E-state index in [9.17, 15) is 32.7 Å². The van der Waals surface area contributed by atoms with Gasteiger partial charge in [-0.25, -0.2) is 4.79 Å². The molecule has 232 valence electrons. The lowest BCUT2D eigenvalue weighted by Crippen LogP contribution is -2.58. The largest absolute Gasteiger partial charge is 0.465 e. The number of ketones is 1. The van der Waals surface area contributed by atoms with Gasteiger partial charge >= 0.3 is 12.3 Å². The summed E-state index contributed by atoms with van der Waals surface area (Å²) < 4.78 is 44.6. The predicted molar refractivity (Wildman–Crippen MR) is 153 cm³/mol. The number of halogens is 3. The summed E-state index contributed by atoms with van der Waals surface area (Å²) in [5, 5.41) is 21.0. The van der Waals surface area contributed by atoms with Gasteiger partial charge in [0.2, 0.25) is 17.6 Å². The Hall–Kier alpha value is -4.22. The van der Waals surface area contributed by atoms with Gasteiger partial charge in [0.25, 0.3) is 5.91 Å². The molecule has 0 bridgehead atoms. The number of carboxylic acid groups (broad SMARTS) is 1. The molecule has 0 radical (unpaired) electrons. The number of carbonyl (C=O) groups excluding carboxylic acids is 2. The Morgan fingerprint density at radius 2 is 1.63 bits per heavy atom. The molecule has 0 aliphatic carbocycles. The van der Waals surface area contributed by atoms with Crippen LogP contribution >= 0.6 is 0 Å². The molecule has 1 unspecified atom stereocenters. The second-order valence-electron chi connectivity index (χ2n) is 11.5. The maximum atomic E-state index is 13.6. The van der Waals surface area contributed by atoms with Gasteiger partial charge in [-0.3, -0.25) is 14.5 Å². The summed E-state index contributed by atoms with van der Waals surface area (Å²) in [6.45, 7) is 9.00. The molecule has 1 heterocycles. The quantitative estimate of drug-likeness (QED) is 0.221. The van der Waals surface area contributed by atoms with Crippen molar-refractivity contribution in [2.75, 3.05) is 0 Å². The molecule has 3 rings (SSSR count). The Morgan fingerprint density at radius 1 is 1.00 bits per heavy atom.